The average Bonchev–Trinajstić information content (AvgIpc) is 2.60. The van der Waals surface area contributed by atoms with Crippen molar-refractivity contribution in [1.29, 1.82) is 0 Å². The molecule has 118 valence electrons. The van der Waals surface area contributed by atoms with E-state index in [1.807, 2.05) is 0 Å². The van der Waals surface area contributed by atoms with Crippen LogP contribution in [0, 0.1) is 0 Å². The molecule has 0 aliphatic rings. The number of aldehydes is 1. The SMILES string of the molecule is COC(=O)c1ccccc1NC(=O)COc1ccccc1C=O. The molecule has 6 nitrogen and oxygen atoms in total. The number of methoxy groups -OCH3 is 1. The van der Waals surface area contributed by atoms with Crippen molar-refractivity contribution in [2.45, 2.75) is 0 Å². The van der Waals surface area contributed by atoms with Crippen LogP contribution in [0.25, 0.3) is 0 Å². The summed E-state index contributed by atoms with van der Waals surface area (Å²) in [6.45, 7) is -0.291. The molecule has 0 saturated carbocycles. The van der Waals surface area contributed by atoms with E-state index in [-0.39, 0.29) is 12.2 Å². The van der Waals surface area contributed by atoms with Gasteiger partial charge in [0.1, 0.15) is 5.75 Å². The second kappa shape index (κ2) is 7.74. The first kappa shape index (κ1) is 16.2. The molecule has 0 unspecified atom stereocenters. The molecule has 0 heterocycles. The smallest absolute Gasteiger partial charge is 0.339 e. The fourth-order valence-corrected chi connectivity index (χ4v) is 1.92. The minimum atomic E-state index is -0.548. The summed E-state index contributed by atoms with van der Waals surface area (Å²) < 4.78 is 9.99. The lowest BCUT2D eigenvalue weighted by atomic mass is 10.2. The first-order valence-electron chi connectivity index (χ1n) is 6.80. The highest BCUT2D eigenvalue weighted by atomic mass is 16.5. The molecular weight excluding hydrogens is 298 g/mol. The molecule has 0 spiro atoms. The molecule has 0 aromatic heterocycles. The van der Waals surface area contributed by atoms with Crippen LogP contribution in [0.2, 0.25) is 0 Å². The highest BCUT2D eigenvalue weighted by molar-refractivity contribution is 6.01. The van der Waals surface area contributed by atoms with Crippen molar-refractivity contribution in [1.82, 2.24) is 0 Å². The minimum Gasteiger partial charge on any atom is -0.483 e. The second-order valence-electron chi connectivity index (χ2n) is 4.53. The summed E-state index contributed by atoms with van der Waals surface area (Å²) in [5, 5.41) is 2.58. The van der Waals surface area contributed by atoms with Crippen molar-refractivity contribution in [3.05, 3.63) is 59.7 Å². The fourth-order valence-electron chi connectivity index (χ4n) is 1.92. The van der Waals surface area contributed by atoms with Gasteiger partial charge in [0.25, 0.3) is 5.91 Å². The maximum absolute atomic E-state index is 12.0. The summed E-state index contributed by atoms with van der Waals surface area (Å²) in [7, 11) is 1.26. The summed E-state index contributed by atoms with van der Waals surface area (Å²) in [6, 6.07) is 13.1. The van der Waals surface area contributed by atoms with Crippen molar-refractivity contribution in [3.8, 4) is 5.75 Å². The van der Waals surface area contributed by atoms with Gasteiger partial charge in [-0.2, -0.15) is 0 Å². The van der Waals surface area contributed by atoms with E-state index in [1.54, 1.807) is 48.5 Å². The maximum Gasteiger partial charge on any atom is 0.339 e. The van der Waals surface area contributed by atoms with Gasteiger partial charge in [0, 0.05) is 0 Å². The van der Waals surface area contributed by atoms with Gasteiger partial charge in [-0.25, -0.2) is 4.79 Å². The predicted molar refractivity (Wildman–Crippen MR) is 83.7 cm³/mol. The molecule has 0 aliphatic carbocycles. The molecule has 2 aromatic carbocycles. The Morgan fingerprint density at radius 2 is 1.78 bits per heavy atom. The Kier molecular flexibility index (Phi) is 5.46. The second-order valence-corrected chi connectivity index (χ2v) is 4.53. The normalized spacial score (nSPS) is 9.78. The Balaban J connectivity index is 2.03. The van der Waals surface area contributed by atoms with Crippen molar-refractivity contribution in [2.75, 3.05) is 19.0 Å². The van der Waals surface area contributed by atoms with Gasteiger partial charge in [-0.05, 0) is 24.3 Å². The standard InChI is InChI=1S/C17H15NO5/c1-22-17(21)13-7-3-4-8-14(13)18-16(20)11-23-15-9-5-2-6-12(15)10-19/h2-10H,11H2,1H3,(H,18,20). The molecule has 1 N–H and O–H groups in total. The number of hydrogen-bond donors (Lipinski definition) is 1. The maximum atomic E-state index is 12.0. The zero-order valence-electron chi connectivity index (χ0n) is 12.4. The molecular formula is C17H15NO5. The number of ether oxygens (including phenoxy) is 2. The third-order valence-corrected chi connectivity index (χ3v) is 3.01. The van der Waals surface area contributed by atoms with Gasteiger partial charge in [-0.3, -0.25) is 9.59 Å². The predicted octanol–water partition coefficient (Wildman–Crippen LogP) is 2.30. The summed E-state index contributed by atoms with van der Waals surface area (Å²) in [4.78, 5) is 34.5. The van der Waals surface area contributed by atoms with Gasteiger partial charge >= 0.3 is 5.97 Å². The highest BCUT2D eigenvalue weighted by Gasteiger charge is 2.13. The molecule has 2 aromatic rings. The van der Waals surface area contributed by atoms with Crippen LogP contribution < -0.4 is 10.1 Å². The van der Waals surface area contributed by atoms with Crippen LogP contribution in [-0.2, 0) is 9.53 Å². The molecule has 0 atom stereocenters. The number of anilines is 1. The van der Waals surface area contributed by atoms with E-state index in [2.05, 4.69) is 10.1 Å². The monoisotopic (exact) mass is 313 g/mol. The fraction of sp³-hybridized carbons (Fsp3) is 0.118. The van der Waals surface area contributed by atoms with Crippen LogP contribution in [0.15, 0.2) is 48.5 Å². The van der Waals surface area contributed by atoms with Crippen LogP contribution in [-0.4, -0.2) is 31.9 Å². The van der Waals surface area contributed by atoms with E-state index < -0.39 is 11.9 Å². The molecule has 2 rings (SSSR count). The number of esters is 1. The molecule has 1 amide bonds. The van der Waals surface area contributed by atoms with Crippen LogP contribution in [0.5, 0.6) is 5.75 Å². The van der Waals surface area contributed by atoms with E-state index in [4.69, 9.17) is 4.74 Å². The summed E-state index contributed by atoms with van der Waals surface area (Å²) in [6.07, 6.45) is 0.653. The Labute approximate surface area is 133 Å². The number of hydrogen-bond acceptors (Lipinski definition) is 5. The van der Waals surface area contributed by atoms with Gasteiger partial charge in [-0.15, -0.1) is 0 Å². The van der Waals surface area contributed by atoms with Gasteiger partial charge in [0.2, 0.25) is 0 Å². The summed E-state index contributed by atoms with van der Waals surface area (Å²) in [5.74, 6) is -0.686. The van der Waals surface area contributed by atoms with E-state index in [0.29, 0.717) is 23.3 Å². The van der Waals surface area contributed by atoms with E-state index in [9.17, 15) is 14.4 Å². The van der Waals surface area contributed by atoms with Crippen LogP contribution >= 0.6 is 0 Å². The van der Waals surface area contributed by atoms with Crippen LogP contribution in [0.1, 0.15) is 20.7 Å². The van der Waals surface area contributed by atoms with Gasteiger partial charge < -0.3 is 14.8 Å². The number of carbonyl (C=O) groups excluding carboxylic acids is 3. The Bertz CT molecular complexity index is 726. The lowest BCUT2D eigenvalue weighted by Crippen LogP contribution is -2.22. The first-order valence-corrected chi connectivity index (χ1v) is 6.80. The molecule has 23 heavy (non-hydrogen) atoms. The van der Waals surface area contributed by atoms with Gasteiger partial charge in [-0.1, -0.05) is 24.3 Å². The number of benzene rings is 2. The molecule has 0 aliphatic heterocycles. The molecule has 6 heteroatoms. The lowest BCUT2D eigenvalue weighted by Gasteiger charge is -2.11. The Morgan fingerprint density at radius 1 is 1.09 bits per heavy atom. The topological polar surface area (TPSA) is 81.7 Å². The average molecular weight is 313 g/mol. The molecule has 0 saturated heterocycles. The van der Waals surface area contributed by atoms with Crippen molar-refractivity contribution < 1.29 is 23.9 Å². The largest absolute Gasteiger partial charge is 0.483 e. The van der Waals surface area contributed by atoms with Gasteiger partial charge in [0.15, 0.2) is 12.9 Å². The first-order chi connectivity index (χ1) is 11.2. The summed E-state index contributed by atoms with van der Waals surface area (Å²) >= 11 is 0. The zero-order chi connectivity index (χ0) is 16.7. The van der Waals surface area contributed by atoms with E-state index in [0.717, 1.165) is 0 Å². The molecule has 0 bridgehead atoms. The minimum absolute atomic E-state index is 0.247. The van der Waals surface area contributed by atoms with Gasteiger partial charge in [0.05, 0.1) is 23.9 Å². The summed E-state index contributed by atoms with van der Waals surface area (Å²) in [5.41, 5.74) is 0.934. The third-order valence-electron chi connectivity index (χ3n) is 3.01. The lowest BCUT2D eigenvalue weighted by molar-refractivity contribution is -0.118. The Hall–Kier alpha value is -3.15. The van der Waals surface area contributed by atoms with E-state index in [1.165, 1.54) is 7.11 Å². The highest BCUT2D eigenvalue weighted by Crippen LogP contribution is 2.17. The number of carbonyl (C=O) groups is 3. The Morgan fingerprint density at radius 3 is 2.52 bits per heavy atom. The van der Waals surface area contributed by atoms with Crippen molar-refractivity contribution in [3.63, 3.8) is 0 Å². The van der Waals surface area contributed by atoms with Crippen molar-refractivity contribution in [2.24, 2.45) is 0 Å². The van der Waals surface area contributed by atoms with Crippen LogP contribution in [0.4, 0.5) is 5.69 Å². The number of rotatable bonds is 6. The van der Waals surface area contributed by atoms with Crippen LogP contribution in [0.3, 0.4) is 0 Å². The number of para-hydroxylation sites is 2. The quantitative estimate of drug-likeness (QED) is 0.653. The molecule has 0 fully saturated rings. The van der Waals surface area contributed by atoms with Crippen molar-refractivity contribution >= 4 is 23.9 Å². The van der Waals surface area contributed by atoms with E-state index >= 15 is 0 Å². The molecule has 0 radical (unpaired) electrons. The third kappa shape index (κ3) is 4.16. The zero-order valence-corrected chi connectivity index (χ0v) is 12.4. The number of amides is 1. The number of nitrogens with one attached hydrogen (secondary N) is 1.